The van der Waals surface area contributed by atoms with Crippen molar-refractivity contribution in [1.29, 1.82) is 5.26 Å². The molecule has 0 aliphatic rings. The lowest BCUT2D eigenvalue weighted by atomic mass is 9.95. The molecule has 0 aliphatic carbocycles. The Morgan fingerprint density at radius 2 is 1.01 bits per heavy atom. The molecule has 0 radical (unpaired) electrons. The molecule has 0 bridgehead atoms. The number of rotatable bonds is 8. The number of aromatic amines is 3. The van der Waals surface area contributed by atoms with Crippen molar-refractivity contribution in [3.05, 3.63) is 190 Å². The second kappa shape index (κ2) is 21.6. The molecule has 0 saturated carbocycles. The van der Waals surface area contributed by atoms with Crippen LogP contribution in [0.3, 0.4) is 0 Å². The van der Waals surface area contributed by atoms with Crippen molar-refractivity contribution in [2.24, 2.45) is 14.1 Å². The summed E-state index contributed by atoms with van der Waals surface area (Å²) in [6.45, 7) is 27.2. The van der Waals surface area contributed by atoms with E-state index in [0.29, 0.717) is 45.4 Å². The van der Waals surface area contributed by atoms with Crippen LogP contribution in [0.25, 0.3) is 86.8 Å². The molecule has 0 aliphatic heterocycles. The van der Waals surface area contributed by atoms with Crippen LogP contribution in [0.5, 0.6) is 0 Å². The zero-order valence-corrected chi connectivity index (χ0v) is 42.8. The number of nitrogens with one attached hydrogen (secondary N) is 3. The number of fused-ring (bicyclic) bond motifs is 3. The van der Waals surface area contributed by atoms with Gasteiger partial charge < -0.3 is 0 Å². The molecule has 368 valence electrons. The van der Waals surface area contributed by atoms with Gasteiger partial charge in [-0.15, -0.1) is 0 Å². The Morgan fingerprint density at radius 1 is 0.568 bits per heavy atom. The van der Waals surface area contributed by atoms with Gasteiger partial charge in [-0.3, -0.25) is 23.7 Å². The number of H-pyrrole nitrogens is 3. The van der Waals surface area contributed by atoms with E-state index in [4.69, 9.17) is 30.0 Å². The number of halogens is 1. The smallest absolute Gasteiger partial charge is 0.269 e. The zero-order chi connectivity index (χ0) is 53.0. The van der Waals surface area contributed by atoms with Gasteiger partial charge in [-0.25, -0.2) is 25.0 Å². The number of nitriles is 1. The lowest BCUT2D eigenvalue weighted by Crippen LogP contribution is -2.11. The maximum atomic E-state index is 12.2. The van der Waals surface area contributed by atoms with Gasteiger partial charge in [0.05, 0.1) is 82.7 Å². The first-order valence-electron chi connectivity index (χ1n) is 23.8. The second-order valence-electron chi connectivity index (χ2n) is 17.6. The molecular weight excluding hydrogens is 950 g/mol. The Hall–Kier alpha value is -9.30. The zero-order valence-electron chi connectivity index (χ0n) is 42.1. The van der Waals surface area contributed by atoms with Gasteiger partial charge in [0.25, 0.3) is 16.7 Å². The molecule has 0 unspecified atom stereocenters. The van der Waals surface area contributed by atoms with E-state index in [1.54, 1.807) is 27.7 Å². The van der Waals surface area contributed by atoms with E-state index in [0.717, 1.165) is 113 Å². The van der Waals surface area contributed by atoms with Crippen LogP contribution in [-0.4, -0.2) is 50.2 Å². The minimum Gasteiger partial charge on any atom is -0.269 e. The maximum Gasteiger partial charge on any atom is 0.272 e. The minimum absolute atomic E-state index is 0.195. The van der Waals surface area contributed by atoms with Crippen molar-refractivity contribution in [3.8, 4) is 50.8 Å². The Bertz CT molecular complexity index is 3950. The molecule has 0 amide bonds. The van der Waals surface area contributed by atoms with Crippen LogP contribution in [-0.2, 0) is 39.8 Å². The van der Waals surface area contributed by atoms with E-state index in [2.05, 4.69) is 56.5 Å². The summed E-state index contributed by atoms with van der Waals surface area (Å²) in [7, 11) is 3.73. The molecule has 0 atom stereocenters. The number of benzene rings is 5. The fraction of sp³-hybridized carbons (Fsp3) is 0.211. The van der Waals surface area contributed by atoms with Crippen LogP contribution in [0.4, 0.5) is 11.4 Å². The topological polar surface area (TPSA) is 205 Å². The van der Waals surface area contributed by atoms with Crippen molar-refractivity contribution in [3.63, 3.8) is 0 Å². The summed E-state index contributed by atoms with van der Waals surface area (Å²) >= 11 is 6.23. The van der Waals surface area contributed by atoms with Crippen LogP contribution in [0.15, 0.2) is 106 Å². The third kappa shape index (κ3) is 9.60. The summed E-state index contributed by atoms with van der Waals surface area (Å²) in [4.78, 5) is 43.5. The molecule has 10 rings (SSSR count). The van der Waals surface area contributed by atoms with Gasteiger partial charge in [0.15, 0.2) is 5.69 Å². The summed E-state index contributed by atoms with van der Waals surface area (Å²) in [5.41, 5.74) is 13.8. The highest BCUT2D eigenvalue weighted by atomic mass is 35.5. The number of hydrogen-bond acceptors (Lipinski definition) is 9. The van der Waals surface area contributed by atoms with Gasteiger partial charge in [0.1, 0.15) is 0 Å². The first kappa shape index (κ1) is 51.1. The largest absolute Gasteiger partial charge is 0.272 e. The fourth-order valence-electron chi connectivity index (χ4n) is 9.14. The minimum atomic E-state index is -0.209. The van der Waals surface area contributed by atoms with Crippen LogP contribution in [0.1, 0.15) is 60.1 Å². The maximum absolute atomic E-state index is 12.2. The molecule has 17 heteroatoms. The quantitative estimate of drug-likeness (QED) is 0.124. The molecule has 16 nitrogen and oxygen atoms in total. The van der Waals surface area contributed by atoms with Crippen LogP contribution in [0, 0.1) is 45.2 Å². The van der Waals surface area contributed by atoms with Crippen LogP contribution in [0.2, 0.25) is 5.02 Å². The van der Waals surface area contributed by atoms with Crippen LogP contribution < -0.4 is 16.7 Å². The van der Waals surface area contributed by atoms with Crippen molar-refractivity contribution < 1.29 is 0 Å². The van der Waals surface area contributed by atoms with Gasteiger partial charge in [0, 0.05) is 57.5 Å². The van der Waals surface area contributed by atoms with Gasteiger partial charge >= 0.3 is 0 Å². The summed E-state index contributed by atoms with van der Waals surface area (Å²) in [6, 6.07) is 26.7. The average Bonchev–Trinajstić information content (AvgIpc) is 4.00. The lowest BCUT2D eigenvalue weighted by Gasteiger charge is -2.13. The highest BCUT2D eigenvalue weighted by molar-refractivity contribution is 6.32. The Morgan fingerprint density at radius 3 is 1.49 bits per heavy atom. The molecule has 3 N–H and O–H groups in total. The first-order chi connectivity index (χ1) is 35.7. The fourth-order valence-corrected chi connectivity index (χ4v) is 9.29. The predicted octanol–water partition coefficient (Wildman–Crippen LogP) is 11.3. The van der Waals surface area contributed by atoms with Crippen molar-refractivity contribution in [1.82, 2.24) is 50.2 Å². The molecule has 0 spiro atoms. The SMILES string of the molecule is CCc1n[nH]c(=O)c2cc(CC#N)ccc12.[C-]#[N+]c1c(-c2c(-c3ccc4c(=O)[nH]nc(CC)c4c3)cnn2C)ccc(C)c1C.[C-]#[N+]c1c(-c2c(-c3ccc4c(=O)[nH]nc(CC)c4c3)cnn2C)ccc(Cl)c1C. The van der Waals surface area contributed by atoms with Crippen molar-refractivity contribution in [2.45, 2.75) is 67.2 Å². The third-order valence-corrected chi connectivity index (χ3v) is 13.7. The summed E-state index contributed by atoms with van der Waals surface area (Å²) in [5, 5.41) is 42.4. The normalized spacial score (nSPS) is 10.8. The highest BCUT2D eigenvalue weighted by Crippen LogP contribution is 2.43. The Balaban J connectivity index is 0.000000154. The molecule has 74 heavy (non-hydrogen) atoms. The molecule has 5 aromatic heterocycles. The Kier molecular flexibility index (Phi) is 14.9. The number of aromatic nitrogens is 10. The summed E-state index contributed by atoms with van der Waals surface area (Å²) < 4.78 is 3.56. The monoisotopic (exact) mass is 999 g/mol. The molecule has 5 heterocycles. The first-order valence-corrected chi connectivity index (χ1v) is 24.1. The van der Waals surface area contributed by atoms with E-state index in [-0.39, 0.29) is 16.7 Å². The molecular formula is C57H50ClN13O3. The number of aryl methyl sites for hydroxylation is 6. The van der Waals surface area contributed by atoms with Gasteiger partial charge in [-0.2, -0.15) is 30.8 Å². The van der Waals surface area contributed by atoms with Gasteiger partial charge in [0.2, 0.25) is 5.69 Å². The number of hydrogen-bond donors (Lipinski definition) is 3. The van der Waals surface area contributed by atoms with E-state index < -0.39 is 0 Å². The summed E-state index contributed by atoms with van der Waals surface area (Å²) in [6.07, 6.45) is 6.10. The van der Waals surface area contributed by atoms with E-state index >= 15 is 0 Å². The van der Waals surface area contributed by atoms with E-state index in [9.17, 15) is 14.4 Å². The molecule has 0 fully saturated rings. The third-order valence-electron chi connectivity index (χ3n) is 13.3. The van der Waals surface area contributed by atoms with Crippen LogP contribution >= 0.6 is 11.6 Å². The average molecular weight is 1000 g/mol. The van der Waals surface area contributed by atoms with Crippen molar-refractivity contribution >= 4 is 55.3 Å². The number of nitrogens with zero attached hydrogens (tertiary/aromatic N) is 10. The second-order valence-corrected chi connectivity index (χ2v) is 18.0. The standard InChI is InChI=1S/C23H21N5O.C22H18ClN5O.C12H11N3O/c1-6-20-18-11-15(8-10-16(18)23(29)27-26-20)19-12-25-28(5)22(19)17-9-7-13(2)14(3)21(17)24-4;1-5-19-16-10-13(6-7-14(16)22(29)27-26-19)17-11-25-28(4)21(17)15-8-9-18(23)12(2)20(15)24-3;1-2-11-9-4-3-8(5-6-13)7-10(9)12(16)15-14-11/h7-12H,6H2,1-3,5H3,(H,27,29);6-11H,5H2,1-2,4H3,(H,27,29);3-4,7H,2,5H2,1H3,(H,15,16). The molecule has 0 saturated heterocycles. The van der Waals surface area contributed by atoms with Gasteiger partial charge in [-0.05, 0) is 104 Å². The van der Waals surface area contributed by atoms with Crippen molar-refractivity contribution in [2.75, 3.05) is 0 Å². The lowest BCUT2D eigenvalue weighted by molar-refractivity contribution is 0.776. The molecule has 10 aromatic rings. The highest BCUT2D eigenvalue weighted by Gasteiger charge is 2.21. The Labute approximate surface area is 430 Å². The van der Waals surface area contributed by atoms with E-state index in [1.807, 2.05) is 129 Å². The van der Waals surface area contributed by atoms with Gasteiger partial charge in [-0.1, -0.05) is 80.4 Å². The molecule has 5 aromatic carbocycles. The summed E-state index contributed by atoms with van der Waals surface area (Å²) in [5.74, 6) is 0. The van der Waals surface area contributed by atoms with E-state index in [1.165, 1.54) is 0 Å². The predicted molar refractivity (Wildman–Crippen MR) is 292 cm³/mol.